The Balaban J connectivity index is 2.68. The summed E-state index contributed by atoms with van der Waals surface area (Å²) in [6.45, 7) is 0. The molecule has 5 heteroatoms. The van der Waals surface area contributed by atoms with E-state index in [-0.39, 0.29) is 0 Å². The molecule has 0 atom stereocenters. The normalized spacial score (nSPS) is 11.5. The summed E-state index contributed by atoms with van der Waals surface area (Å²) >= 11 is 7.38. The average Bonchev–Trinajstić information content (AvgIpc) is 2.49. The summed E-state index contributed by atoms with van der Waals surface area (Å²) in [5, 5.41) is 12.0. The van der Waals surface area contributed by atoms with Gasteiger partial charge in [-0.3, -0.25) is 4.98 Å². The van der Waals surface area contributed by atoms with Crippen LogP contribution in [-0.2, 0) is 0 Å². The van der Waals surface area contributed by atoms with Crippen LogP contribution in [0.2, 0.25) is 5.02 Å². The molecule has 0 spiro atoms. The van der Waals surface area contributed by atoms with Crippen LogP contribution in [0.1, 0.15) is 4.88 Å². The van der Waals surface area contributed by atoms with E-state index in [9.17, 15) is 0 Å². The lowest BCUT2D eigenvalue weighted by molar-refractivity contribution is 0.322. The molecule has 0 saturated heterocycles. The summed E-state index contributed by atoms with van der Waals surface area (Å²) < 4.78 is 0.916. The highest BCUT2D eigenvalue weighted by atomic mass is 35.5. The van der Waals surface area contributed by atoms with E-state index in [2.05, 4.69) is 10.1 Å². The van der Waals surface area contributed by atoms with E-state index in [4.69, 9.17) is 16.8 Å². The molecule has 2 rings (SSSR count). The maximum Gasteiger partial charge on any atom is 0.0834 e. The summed E-state index contributed by atoms with van der Waals surface area (Å²) in [4.78, 5) is 4.96. The first-order chi connectivity index (χ1) is 6.31. The summed E-state index contributed by atoms with van der Waals surface area (Å²) in [7, 11) is 0. The fraction of sp³-hybridized carbons (Fsp3) is 0. The molecule has 0 aliphatic carbocycles. The SMILES string of the molecule is ON=Cc1cc2nccc(Cl)c2s1. The molecule has 3 nitrogen and oxygen atoms in total. The molecule has 0 unspecified atom stereocenters. The number of thiophene rings is 1. The van der Waals surface area contributed by atoms with Crippen LogP contribution in [0.5, 0.6) is 0 Å². The minimum absolute atomic E-state index is 0.674. The van der Waals surface area contributed by atoms with E-state index in [1.54, 1.807) is 12.3 Å². The van der Waals surface area contributed by atoms with Crippen LogP contribution in [0, 0.1) is 0 Å². The number of fused-ring (bicyclic) bond motifs is 1. The first kappa shape index (κ1) is 8.47. The molecule has 0 aromatic carbocycles. The van der Waals surface area contributed by atoms with Crippen molar-refractivity contribution >= 4 is 39.4 Å². The van der Waals surface area contributed by atoms with Crippen LogP contribution in [0.3, 0.4) is 0 Å². The Hall–Kier alpha value is -1.13. The molecule has 2 aromatic heterocycles. The molecular weight excluding hydrogens is 208 g/mol. The summed E-state index contributed by atoms with van der Waals surface area (Å²) in [5.74, 6) is 0. The first-order valence-electron chi connectivity index (χ1n) is 3.53. The van der Waals surface area contributed by atoms with E-state index in [1.165, 1.54) is 17.6 Å². The predicted octanol–water partition coefficient (Wildman–Crippen LogP) is 2.76. The molecule has 66 valence electrons. The number of oxime groups is 1. The minimum atomic E-state index is 0.674. The van der Waals surface area contributed by atoms with Crippen LogP contribution in [-0.4, -0.2) is 16.4 Å². The highest BCUT2D eigenvalue weighted by Gasteiger charge is 2.03. The van der Waals surface area contributed by atoms with E-state index >= 15 is 0 Å². The Kier molecular flexibility index (Phi) is 2.16. The zero-order valence-corrected chi connectivity index (χ0v) is 8.01. The van der Waals surface area contributed by atoms with Crippen molar-refractivity contribution in [2.75, 3.05) is 0 Å². The van der Waals surface area contributed by atoms with Crippen molar-refractivity contribution in [1.29, 1.82) is 0 Å². The van der Waals surface area contributed by atoms with Gasteiger partial charge < -0.3 is 5.21 Å². The highest BCUT2D eigenvalue weighted by molar-refractivity contribution is 7.21. The third kappa shape index (κ3) is 1.50. The average molecular weight is 213 g/mol. The number of halogens is 1. The molecule has 0 fully saturated rings. The second-order valence-corrected chi connectivity index (χ2v) is 3.89. The number of pyridine rings is 1. The maximum atomic E-state index is 8.34. The van der Waals surface area contributed by atoms with Gasteiger partial charge in [0.15, 0.2) is 0 Å². The van der Waals surface area contributed by atoms with Gasteiger partial charge in [-0.2, -0.15) is 0 Å². The van der Waals surface area contributed by atoms with Crippen LogP contribution >= 0.6 is 22.9 Å². The van der Waals surface area contributed by atoms with Crippen molar-refractivity contribution in [3.05, 3.63) is 28.2 Å². The van der Waals surface area contributed by atoms with Crippen LogP contribution in [0.25, 0.3) is 10.2 Å². The van der Waals surface area contributed by atoms with Crippen molar-refractivity contribution in [2.24, 2.45) is 5.16 Å². The fourth-order valence-electron chi connectivity index (χ4n) is 1.05. The molecule has 0 aliphatic heterocycles. The van der Waals surface area contributed by atoms with Gasteiger partial charge in [-0.05, 0) is 12.1 Å². The molecule has 1 N–H and O–H groups in total. The molecular formula is C8H5ClN2OS. The lowest BCUT2D eigenvalue weighted by Gasteiger charge is -1.88. The van der Waals surface area contributed by atoms with Gasteiger partial charge in [0, 0.05) is 6.20 Å². The zero-order valence-electron chi connectivity index (χ0n) is 6.44. The third-order valence-corrected chi connectivity index (χ3v) is 3.09. The van der Waals surface area contributed by atoms with Gasteiger partial charge in [0.05, 0.1) is 26.3 Å². The second-order valence-electron chi connectivity index (χ2n) is 2.40. The molecule has 0 radical (unpaired) electrons. The molecule has 2 aromatic rings. The van der Waals surface area contributed by atoms with Crippen molar-refractivity contribution in [1.82, 2.24) is 4.98 Å². The second kappa shape index (κ2) is 3.32. The predicted molar refractivity (Wildman–Crippen MR) is 54.0 cm³/mol. The molecule has 13 heavy (non-hydrogen) atoms. The zero-order chi connectivity index (χ0) is 9.26. The lowest BCUT2D eigenvalue weighted by atomic mass is 10.4. The standard InChI is InChI=1S/C8H5ClN2OS/c9-6-1-2-10-7-3-5(4-11-12)13-8(6)7/h1-4,12H. The van der Waals surface area contributed by atoms with Crippen molar-refractivity contribution < 1.29 is 5.21 Å². The van der Waals surface area contributed by atoms with Gasteiger partial charge in [0.25, 0.3) is 0 Å². The van der Waals surface area contributed by atoms with Crippen molar-refractivity contribution in [3.63, 3.8) is 0 Å². The highest BCUT2D eigenvalue weighted by Crippen LogP contribution is 2.29. The number of hydrogen-bond donors (Lipinski definition) is 1. The number of rotatable bonds is 1. The molecule has 0 aliphatic rings. The third-order valence-electron chi connectivity index (χ3n) is 1.57. The minimum Gasteiger partial charge on any atom is -0.411 e. The van der Waals surface area contributed by atoms with Crippen LogP contribution in [0.15, 0.2) is 23.5 Å². The number of hydrogen-bond acceptors (Lipinski definition) is 4. The van der Waals surface area contributed by atoms with E-state index in [0.717, 1.165) is 15.1 Å². The van der Waals surface area contributed by atoms with Gasteiger partial charge in [-0.1, -0.05) is 16.8 Å². The lowest BCUT2D eigenvalue weighted by Crippen LogP contribution is -1.71. The Bertz CT molecular complexity index is 466. The molecule has 2 heterocycles. The number of nitrogens with zero attached hydrogens (tertiary/aromatic N) is 2. The largest absolute Gasteiger partial charge is 0.411 e. The van der Waals surface area contributed by atoms with Crippen LogP contribution in [0.4, 0.5) is 0 Å². The monoisotopic (exact) mass is 212 g/mol. The van der Waals surface area contributed by atoms with Gasteiger partial charge in [0.1, 0.15) is 0 Å². The smallest absolute Gasteiger partial charge is 0.0834 e. The van der Waals surface area contributed by atoms with Gasteiger partial charge in [0.2, 0.25) is 0 Å². The summed E-state index contributed by atoms with van der Waals surface area (Å²) in [5.41, 5.74) is 0.826. The van der Waals surface area contributed by atoms with Crippen LogP contribution < -0.4 is 0 Å². The summed E-state index contributed by atoms with van der Waals surface area (Å²) in [6.07, 6.45) is 3.01. The Morgan fingerprint density at radius 2 is 2.46 bits per heavy atom. The molecule has 0 bridgehead atoms. The van der Waals surface area contributed by atoms with Crippen molar-refractivity contribution in [3.8, 4) is 0 Å². The Labute approximate surface area is 83.3 Å². The number of aromatic nitrogens is 1. The first-order valence-corrected chi connectivity index (χ1v) is 4.72. The topological polar surface area (TPSA) is 45.5 Å². The molecule has 0 amide bonds. The van der Waals surface area contributed by atoms with Gasteiger partial charge in [-0.25, -0.2) is 0 Å². The van der Waals surface area contributed by atoms with Crippen molar-refractivity contribution in [2.45, 2.75) is 0 Å². The fourth-order valence-corrected chi connectivity index (χ4v) is 2.20. The van der Waals surface area contributed by atoms with E-state index < -0.39 is 0 Å². The van der Waals surface area contributed by atoms with E-state index in [0.29, 0.717) is 5.02 Å². The van der Waals surface area contributed by atoms with E-state index in [1.807, 2.05) is 6.07 Å². The maximum absolute atomic E-state index is 8.34. The summed E-state index contributed by atoms with van der Waals surface area (Å²) in [6, 6.07) is 3.56. The van der Waals surface area contributed by atoms with Gasteiger partial charge >= 0.3 is 0 Å². The Morgan fingerprint density at radius 3 is 3.15 bits per heavy atom. The Morgan fingerprint density at radius 1 is 1.62 bits per heavy atom. The quantitative estimate of drug-likeness (QED) is 0.449. The van der Waals surface area contributed by atoms with Gasteiger partial charge in [-0.15, -0.1) is 11.3 Å². The molecule has 0 saturated carbocycles.